The zero-order valence-electron chi connectivity index (χ0n) is 19.3. The van der Waals surface area contributed by atoms with Gasteiger partial charge in [-0.2, -0.15) is 0 Å². The van der Waals surface area contributed by atoms with E-state index in [2.05, 4.69) is 4.72 Å². The fraction of sp³-hybridized carbons (Fsp3) is 0.348. The Morgan fingerprint density at radius 2 is 1.94 bits per heavy atom. The van der Waals surface area contributed by atoms with Gasteiger partial charge in [0, 0.05) is 17.7 Å². The number of carbonyl (C=O) groups is 1. The number of rotatable bonds is 10. The fourth-order valence-electron chi connectivity index (χ4n) is 3.98. The number of benzene rings is 2. The highest BCUT2D eigenvalue weighted by atomic mass is 35.5. The van der Waals surface area contributed by atoms with Gasteiger partial charge in [0.15, 0.2) is 0 Å². The Bertz CT molecular complexity index is 1250. The van der Waals surface area contributed by atoms with Crippen LogP contribution in [0.1, 0.15) is 24.8 Å². The van der Waals surface area contributed by atoms with E-state index >= 15 is 0 Å². The van der Waals surface area contributed by atoms with Crippen molar-refractivity contribution in [2.24, 2.45) is 5.92 Å². The number of esters is 1. The van der Waals surface area contributed by atoms with Gasteiger partial charge in [-0.05, 0) is 49.6 Å². The molecule has 0 saturated heterocycles. The maximum absolute atomic E-state index is 13.0. The van der Waals surface area contributed by atoms with Gasteiger partial charge in [0.25, 0.3) is 5.69 Å². The molecule has 2 aromatic carbocycles. The minimum absolute atomic E-state index is 0.167. The number of halogens is 1. The number of sulfonamides is 1. The van der Waals surface area contributed by atoms with Crippen LogP contribution >= 0.6 is 11.6 Å². The van der Waals surface area contributed by atoms with Crippen LogP contribution in [0.3, 0.4) is 0 Å². The molecule has 188 valence electrons. The van der Waals surface area contributed by atoms with Gasteiger partial charge < -0.3 is 14.2 Å². The second kappa shape index (κ2) is 11.1. The third-order valence-corrected chi connectivity index (χ3v) is 7.40. The molecule has 1 aliphatic carbocycles. The quantitative estimate of drug-likeness (QED) is 0.214. The van der Waals surface area contributed by atoms with Crippen molar-refractivity contribution in [3.8, 4) is 11.5 Å². The molecule has 0 spiro atoms. The highest BCUT2D eigenvalue weighted by molar-refractivity contribution is 7.89. The van der Waals surface area contributed by atoms with E-state index in [1.54, 1.807) is 37.3 Å². The first-order valence-corrected chi connectivity index (χ1v) is 12.5. The first kappa shape index (κ1) is 26.5. The summed E-state index contributed by atoms with van der Waals surface area (Å²) in [5, 5.41) is 11.0. The molecule has 0 heterocycles. The standard InChI is InChI=1S/C23H25ClN2O8S/c1-4-34-23(27)22(18-12-16(32-2)7-10-21(18)33-3)14-5-6-15(11-14)25-35(30,31)17-8-9-19(24)20(13-17)26(28)29/h5-10,12-15,22,25H,4,11H2,1-3H3/t14-,15+,22+/m1/s1. The summed E-state index contributed by atoms with van der Waals surface area (Å²) in [5.74, 6) is -0.677. The van der Waals surface area contributed by atoms with Crippen molar-refractivity contribution in [2.75, 3.05) is 20.8 Å². The lowest BCUT2D eigenvalue weighted by Gasteiger charge is -2.24. The lowest BCUT2D eigenvalue weighted by Crippen LogP contribution is -2.34. The molecule has 0 unspecified atom stereocenters. The molecule has 1 N–H and O–H groups in total. The van der Waals surface area contributed by atoms with Crippen LogP contribution < -0.4 is 14.2 Å². The van der Waals surface area contributed by atoms with Crippen molar-refractivity contribution in [3.63, 3.8) is 0 Å². The Balaban J connectivity index is 1.87. The van der Waals surface area contributed by atoms with Crippen molar-refractivity contribution < 1.29 is 32.3 Å². The molecule has 0 aliphatic heterocycles. The summed E-state index contributed by atoms with van der Waals surface area (Å²) in [5.41, 5.74) is 0.0404. The molecule has 0 bridgehead atoms. The zero-order chi connectivity index (χ0) is 25.8. The molecular formula is C23H25ClN2O8S. The Morgan fingerprint density at radius 1 is 1.20 bits per heavy atom. The number of nitrogens with zero attached hydrogens (tertiary/aromatic N) is 1. The normalized spacial score (nSPS) is 18.2. The summed E-state index contributed by atoms with van der Waals surface area (Å²) in [6.07, 6.45) is 3.64. The number of hydrogen-bond acceptors (Lipinski definition) is 8. The Morgan fingerprint density at radius 3 is 2.57 bits per heavy atom. The van der Waals surface area contributed by atoms with Gasteiger partial charge in [0.05, 0.1) is 36.6 Å². The van der Waals surface area contributed by atoms with E-state index < -0.39 is 44.5 Å². The average Bonchev–Trinajstić information content (AvgIpc) is 3.26. The van der Waals surface area contributed by atoms with Crippen molar-refractivity contribution in [3.05, 3.63) is 69.3 Å². The van der Waals surface area contributed by atoms with Gasteiger partial charge in [-0.15, -0.1) is 0 Å². The van der Waals surface area contributed by atoms with Gasteiger partial charge in [-0.25, -0.2) is 13.1 Å². The number of hydrogen-bond donors (Lipinski definition) is 1. The lowest BCUT2D eigenvalue weighted by molar-refractivity contribution is -0.384. The third-order valence-electron chi connectivity index (χ3n) is 5.59. The Kier molecular flexibility index (Phi) is 8.36. The van der Waals surface area contributed by atoms with Crippen LogP contribution in [0.5, 0.6) is 11.5 Å². The Hall–Kier alpha value is -3.15. The topological polar surface area (TPSA) is 134 Å². The maximum atomic E-state index is 13.0. The monoisotopic (exact) mass is 524 g/mol. The van der Waals surface area contributed by atoms with Gasteiger partial charge in [0.2, 0.25) is 10.0 Å². The zero-order valence-corrected chi connectivity index (χ0v) is 20.8. The first-order valence-electron chi connectivity index (χ1n) is 10.6. The summed E-state index contributed by atoms with van der Waals surface area (Å²) >= 11 is 5.79. The van der Waals surface area contributed by atoms with Crippen LogP contribution in [-0.4, -0.2) is 46.2 Å². The molecule has 3 rings (SSSR count). The molecule has 1 aliphatic rings. The minimum Gasteiger partial charge on any atom is -0.497 e. The molecule has 0 radical (unpaired) electrons. The maximum Gasteiger partial charge on any atom is 0.314 e. The van der Waals surface area contributed by atoms with Gasteiger partial charge in [0.1, 0.15) is 16.5 Å². The van der Waals surface area contributed by atoms with E-state index in [1.807, 2.05) is 0 Å². The number of carbonyl (C=O) groups excluding carboxylic acids is 1. The molecule has 0 fully saturated rings. The van der Waals surface area contributed by atoms with E-state index in [9.17, 15) is 23.3 Å². The SMILES string of the molecule is CCOC(=O)[C@H](c1cc(OC)ccc1OC)[C@@H]1C=C[C@H](NS(=O)(=O)c2ccc(Cl)c([N+](=O)[O-])c2)C1. The molecule has 3 atom stereocenters. The van der Waals surface area contributed by atoms with E-state index in [0.29, 0.717) is 17.1 Å². The highest BCUT2D eigenvalue weighted by Crippen LogP contribution is 2.40. The molecule has 0 amide bonds. The molecule has 0 saturated carbocycles. The number of nitrogens with one attached hydrogen (secondary N) is 1. The molecular weight excluding hydrogens is 500 g/mol. The summed E-state index contributed by atoms with van der Waals surface area (Å²) in [6.45, 7) is 1.87. The highest BCUT2D eigenvalue weighted by Gasteiger charge is 2.37. The number of ether oxygens (including phenoxy) is 3. The van der Waals surface area contributed by atoms with Crippen LogP contribution in [0.2, 0.25) is 5.02 Å². The van der Waals surface area contributed by atoms with Crippen LogP contribution in [0, 0.1) is 16.0 Å². The molecule has 10 nitrogen and oxygen atoms in total. The lowest BCUT2D eigenvalue weighted by atomic mass is 9.84. The average molecular weight is 525 g/mol. The summed E-state index contributed by atoms with van der Waals surface area (Å²) < 4.78 is 44.4. The van der Waals surface area contributed by atoms with Gasteiger partial charge >= 0.3 is 5.97 Å². The smallest absolute Gasteiger partial charge is 0.314 e. The van der Waals surface area contributed by atoms with Crippen LogP contribution in [0.15, 0.2) is 53.4 Å². The number of nitro groups is 1. The van der Waals surface area contributed by atoms with Crippen molar-refractivity contribution >= 4 is 33.3 Å². The van der Waals surface area contributed by atoms with Crippen LogP contribution in [-0.2, 0) is 19.6 Å². The third kappa shape index (κ3) is 5.92. The van der Waals surface area contributed by atoms with Crippen molar-refractivity contribution in [1.29, 1.82) is 0 Å². The van der Waals surface area contributed by atoms with Crippen molar-refractivity contribution in [1.82, 2.24) is 4.72 Å². The van der Waals surface area contributed by atoms with Crippen LogP contribution in [0.4, 0.5) is 5.69 Å². The molecule has 0 aromatic heterocycles. The molecule has 12 heteroatoms. The van der Waals surface area contributed by atoms with E-state index in [-0.39, 0.29) is 22.9 Å². The number of nitro benzene ring substituents is 1. The number of allylic oxidation sites excluding steroid dienone is 1. The second-order valence-corrected chi connectivity index (χ2v) is 9.84. The van der Waals surface area contributed by atoms with Crippen molar-refractivity contribution in [2.45, 2.75) is 30.2 Å². The first-order chi connectivity index (χ1) is 16.6. The van der Waals surface area contributed by atoms with E-state index in [4.69, 9.17) is 25.8 Å². The summed E-state index contributed by atoms with van der Waals surface area (Å²) in [4.78, 5) is 23.1. The van der Waals surface area contributed by atoms with Crippen LogP contribution in [0.25, 0.3) is 0 Å². The second-order valence-electron chi connectivity index (χ2n) is 7.72. The van der Waals surface area contributed by atoms with E-state index in [0.717, 1.165) is 12.1 Å². The van der Waals surface area contributed by atoms with E-state index in [1.165, 1.54) is 20.3 Å². The molecule has 2 aromatic rings. The van der Waals surface area contributed by atoms with Gasteiger partial charge in [-0.1, -0.05) is 23.8 Å². The number of methoxy groups -OCH3 is 2. The van der Waals surface area contributed by atoms with Gasteiger partial charge in [-0.3, -0.25) is 14.9 Å². The molecule has 35 heavy (non-hydrogen) atoms. The largest absolute Gasteiger partial charge is 0.497 e. The predicted octanol–water partition coefficient (Wildman–Crippen LogP) is 3.84. The summed E-state index contributed by atoms with van der Waals surface area (Å²) in [7, 11) is -1.12. The summed E-state index contributed by atoms with van der Waals surface area (Å²) in [6, 6.07) is 7.68. The fourth-order valence-corrected chi connectivity index (χ4v) is 5.39. The predicted molar refractivity (Wildman–Crippen MR) is 128 cm³/mol. The minimum atomic E-state index is -4.11. The Labute approximate surface area is 208 Å².